The van der Waals surface area contributed by atoms with Gasteiger partial charge in [-0.2, -0.15) is 0 Å². The number of rotatable bonds is 4. The zero-order chi connectivity index (χ0) is 13.0. The number of benzene rings is 1. The van der Waals surface area contributed by atoms with Gasteiger partial charge in [-0.05, 0) is 31.4 Å². The molecule has 0 saturated carbocycles. The Labute approximate surface area is 111 Å². The van der Waals surface area contributed by atoms with E-state index < -0.39 is 0 Å². The Balaban J connectivity index is 2.22. The smallest absolute Gasteiger partial charge is 0.123 e. The molecule has 1 aromatic carbocycles. The summed E-state index contributed by atoms with van der Waals surface area (Å²) in [5.41, 5.74) is 1.36. The fourth-order valence-electron chi connectivity index (χ4n) is 2.97. The highest BCUT2D eigenvalue weighted by Crippen LogP contribution is 2.36. The van der Waals surface area contributed by atoms with Crippen LogP contribution in [-0.2, 0) is 0 Å². The maximum absolute atomic E-state index is 5.53. The number of nitrogens with zero attached hydrogens (tertiary/aromatic N) is 1. The van der Waals surface area contributed by atoms with Crippen molar-refractivity contribution < 1.29 is 4.74 Å². The summed E-state index contributed by atoms with van der Waals surface area (Å²) in [6.07, 6.45) is 3.92. The second-order valence-corrected chi connectivity index (χ2v) is 5.64. The summed E-state index contributed by atoms with van der Waals surface area (Å²) in [5, 5.41) is 0. The molecular formula is C16H25NO. The summed E-state index contributed by atoms with van der Waals surface area (Å²) in [6.45, 7) is 7.01. The molecule has 2 nitrogen and oxygen atoms in total. The van der Waals surface area contributed by atoms with Gasteiger partial charge in [-0.25, -0.2) is 0 Å². The summed E-state index contributed by atoms with van der Waals surface area (Å²) in [5.74, 6) is 1.76. The number of hydrogen-bond donors (Lipinski definition) is 0. The first kappa shape index (κ1) is 13.4. The fraction of sp³-hybridized carbons (Fsp3) is 0.625. The maximum Gasteiger partial charge on any atom is 0.123 e. The van der Waals surface area contributed by atoms with E-state index in [0.29, 0.717) is 6.04 Å². The lowest BCUT2D eigenvalue weighted by Crippen LogP contribution is -2.36. The highest BCUT2D eigenvalue weighted by atomic mass is 16.5. The molecule has 1 saturated heterocycles. The molecule has 0 unspecified atom stereocenters. The highest BCUT2D eigenvalue weighted by molar-refractivity contribution is 5.36. The van der Waals surface area contributed by atoms with Crippen LogP contribution in [0, 0.1) is 5.92 Å². The van der Waals surface area contributed by atoms with Gasteiger partial charge in [0, 0.05) is 18.2 Å². The number of likely N-dealkylation sites (tertiary alicyclic amines) is 1. The van der Waals surface area contributed by atoms with Crippen LogP contribution in [0.4, 0.5) is 0 Å². The van der Waals surface area contributed by atoms with E-state index in [1.54, 1.807) is 7.11 Å². The minimum atomic E-state index is 0.539. The van der Waals surface area contributed by atoms with E-state index in [0.717, 1.165) is 11.7 Å². The van der Waals surface area contributed by atoms with Crippen molar-refractivity contribution in [3.63, 3.8) is 0 Å². The molecule has 0 spiro atoms. The third kappa shape index (κ3) is 3.05. The van der Waals surface area contributed by atoms with Gasteiger partial charge in [0.25, 0.3) is 0 Å². The van der Waals surface area contributed by atoms with E-state index in [4.69, 9.17) is 4.74 Å². The van der Waals surface area contributed by atoms with Crippen molar-refractivity contribution in [2.75, 3.05) is 20.2 Å². The molecule has 2 heteroatoms. The van der Waals surface area contributed by atoms with Crippen LogP contribution >= 0.6 is 0 Å². The molecule has 0 N–H and O–H groups in total. The molecule has 0 aromatic heterocycles. The van der Waals surface area contributed by atoms with Crippen LogP contribution in [0.1, 0.15) is 44.7 Å². The maximum atomic E-state index is 5.53. The van der Waals surface area contributed by atoms with Crippen molar-refractivity contribution in [1.82, 2.24) is 4.90 Å². The van der Waals surface area contributed by atoms with Crippen LogP contribution in [0.3, 0.4) is 0 Å². The summed E-state index contributed by atoms with van der Waals surface area (Å²) in [6, 6.07) is 9.02. The zero-order valence-electron chi connectivity index (χ0n) is 11.9. The van der Waals surface area contributed by atoms with Crippen molar-refractivity contribution in [1.29, 1.82) is 0 Å². The molecule has 0 radical (unpaired) electrons. The second-order valence-electron chi connectivity index (χ2n) is 5.64. The van der Waals surface area contributed by atoms with E-state index in [9.17, 15) is 0 Å². The number of piperidine rings is 1. The Morgan fingerprint density at radius 3 is 2.78 bits per heavy atom. The van der Waals surface area contributed by atoms with E-state index in [1.807, 2.05) is 0 Å². The molecule has 1 fully saturated rings. The lowest BCUT2D eigenvalue weighted by molar-refractivity contribution is 0.130. The van der Waals surface area contributed by atoms with Gasteiger partial charge in [-0.15, -0.1) is 0 Å². The first-order chi connectivity index (χ1) is 8.72. The molecule has 1 atom stereocenters. The molecule has 100 valence electrons. The van der Waals surface area contributed by atoms with Crippen molar-refractivity contribution in [2.24, 2.45) is 5.92 Å². The van der Waals surface area contributed by atoms with Crippen molar-refractivity contribution in [2.45, 2.75) is 39.2 Å². The highest BCUT2D eigenvalue weighted by Gasteiger charge is 2.26. The fourth-order valence-corrected chi connectivity index (χ4v) is 2.97. The molecule has 1 aliphatic rings. The molecule has 0 amide bonds. The average Bonchev–Trinajstić information content (AvgIpc) is 2.39. The van der Waals surface area contributed by atoms with Crippen LogP contribution in [0.5, 0.6) is 5.75 Å². The van der Waals surface area contributed by atoms with Crippen LogP contribution in [-0.4, -0.2) is 25.1 Å². The minimum absolute atomic E-state index is 0.539. The Hall–Kier alpha value is -1.02. The molecule has 1 aliphatic heterocycles. The van der Waals surface area contributed by atoms with Gasteiger partial charge >= 0.3 is 0 Å². The third-order valence-corrected chi connectivity index (χ3v) is 3.71. The topological polar surface area (TPSA) is 12.5 Å². The number of hydrogen-bond acceptors (Lipinski definition) is 2. The van der Waals surface area contributed by atoms with Crippen molar-refractivity contribution in [3.05, 3.63) is 29.8 Å². The van der Waals surface area contributed by atoms with Gasteiger partial charge < -0.3 is 4.74 Å². The van der Waals surface area contributed by atoms with Crippen LogP contribution in [0.2, 0.25) is 0 Å². The molecule has 1 aromatic rings. The SMILES string of the molecule is COc1ccccc1[C@H]1CCCCN1CC(C)C. The van der Waals surface area contributed by atoms with Gasteiger partial charge in [-0.3, -0.25) is 4.90 Å². The van der Waals surface area contributed by atoms with E-state index in [2.05, 4.69) is 43.0 Å². The van der Waals surface area contributed by atoms with Crippen LogP contribution in [0.25, 0.3) is 0 Å². The first-order valence-electron chi connectivity index (χ1n) is 7.09. The molecule has 2 rings (SSSR count). The lowest BCUT2D eigenvalue weighted by atomic mass is 9.93. The molecule has 18 heavy (non-hydrogen) atoms. The van der Waals surface area contributed by atoms with Gasteiger partial charge in [0.15, 0.2) is 0 Å². The van der Waals surface area contributed by atoms with E-state index in [1.165, 1.54) is 37.9 Å². The van der Waals surface area contributed by atoms with Crippen LogP contribution < -0.4 is 4.74 Å². The third-order valence-electron chi connectivity index (χ3n) is 3.71. The largest absolute Gasteiger partial charge is 0.496 e. The quantitative estimate of drug-likeness (QED) is 0.800. The second kappa shape index (κ2) is 6.24. The molecular weight excluding hydrogens is 222 g/mol. The van der Waals surface area contributed by atoms with Gasteiger partial charge in [-0.1, -0.05) is 38.5 Å². The lowest BCUT2D eigenvalue weighted by Gasteiger charge is -2.37. The van der Waals surface area contributed by atoms with E-state index >= 15 is 0 Å². The zero-order valence-corrected chi connectivity index (χ0v) is 11.9. The van der Waals surface area contributed by atoms with Gasteiger partial charge in [0.2, 0.25) is 0 Å². The minimum Gasteiger partial charge on any atom is -0.496 e. The Kier molecular flexibility index (Phi) is 4.65. The Bertz CT molecular complexity index is 375. The predicted octanol–water partition coefficient (Wildman–Crippen LogP) is 3.88. The number of ether oxygens (including phenoxy) is 1. The van der Waals surface area contributed by atoms with Crippen LogP contribution in [0.15, 0.2) is 24.3 Å². The normalized spacial score (nSPS) is 21.2. The van der Waals surface area contributed by atoms with E-state index in [-0.39, 0.29) is 0 Å². The van der Waals surface area contributed by atoms with Crippen molar-refractivity contribution in [3.8, 4) is 5.75 Å². The Morgan fingerprint density at radius 2 is 2.06 bits per heavy atom. The van der Waals surface area contributed by atoms with Gasteiger partial charge in [0.1, 0.15) is 5.75 Å². The Morgan fingerprint density at radius 1 is 1.28 bits per heavy atom. The molecule has 0 bridgehead atoms. The summed E-state index contributed by atoms with van der Waals surface area (Å²) >= 11 is 0. The average molecular weight is 247 g/mol. The first-order valence-corrected chi connectivity index (χ1v) is 7.09. The summed E-state index contributed by atoms with van der Waals surface area (Å²) in [4.78, 5) is 2.63. The monoisotopic (exact) mass is 247 g/mol. The summed E-state index contributed by atoms with van der Waals surface area (Å²) < 4.78 is 5.53. The molecule has 0 aliphatic carbocycles. The number of methoxy groups -OCH3 is 1. The van der Waals surface area contributed by atoms with Gasteiger partial charge in [0.05, 0.1) is 7.11 Å². The molecule has 1 heterocycles. The predicted molar refractivity (Wildman–Crippen MR) is 76.0 cm³/mol. The van der Waals surface area contributed by atoms with Crippen molar-refractivity contribution >= 4 is 0 Å². The number of para-hydroxylation sites is 1. The standard InChI is InChI=1S/C16H25NO/c1-13(2)12-17-11-7-6-9-15(17)14-8-4-5-10-16(14)18-3/h4-5,8,10,13,15H,6-7,9,11-12H2,1-3H3/t15-/m1/s1. The summed E-state index contributed by atoms with van der Waals surface area (Å²) in [7, 11) is 1.77.